The highest BCUT2D eigenvalue weighted by Crippen LogP contribution is 2.36. The number of carbonyl (C=O) groups is 2. The van der Waals surface area contributed by atoms with Crippen LogP contribution in [0, 0.1) is 0 Å². The second-order valence-corrected chi connectivity index (χ2v) is 6.38. The quantitative estimate of drug-likeness (QED) is 0.673. The lowest BCUT2D eigenvalue weighted by Gasteiger charge is -2.27. The monoisotopic (exact) mass is 319 g/mol. The molecule has 0 bridgehead atoms. The second kappa shape index (κ2) is 5.92. The van der Waals surface area contributed by atoms with E-state index >= 15 is 0 Å². The van der Waals surface area contributed by atoms with Crippen LogP contribution in [0.1, 0.15) is 67.1 Å². The number of rotatable bonds is 4. The lowest BCUT2D eigenvalue weighted by molar-refractivity contribution is -0.149. The van der Waals surface area contributed by atoms with Crippen molar-refractivity contribution >= 4 is 11.8 Å². The molecule has 124 valence electrons. The average molecular weight is 319 g/mol. The van der Waals surface area contributed by atoms with Gasteiger partial charge < -0.3 is 14.4 Å². The van der Waals surface area contributed by atoms with Crippen LogP contribution < -0.4 is 5.56 Å². The summed E-state index contributed by atoms with van der Waals surface area (Å²) in [5, 5.41) is 11.1. The minimum absolute atomic E-state index is 0.0997. The molecule has 1 atom stereocenters. The van der Waals surface area contributed by atoms with E-state index in [-0.39, 0.29) is 24.4 Å². The molecule has 0 spiro atoms. The lowest BCUT2D eigenvalue weighted by Crippen LogP contribution is -2.33. The van der Waals surface area contributed by atoms with Crippen LogP contribution in [-0.2, 0) is 28.3 Å². The number of esters is 1. The van der Waals surface area contributed by atoms with Crippen LogP contribution in [0.15, 0.2) is 10.9 Å². The number of fused-ring (bicyclic) bond motifs is 2. The Balaban J connectivity index is 2.12. The van der Waals surface area contributed by atoms with Crippen molar-refractivity contribution in [3.8, 4) is 0 Å². The van der Waals surface area contributed by atoms with Gasteiger partial charge in [0.2, 0.25) is 0 Å². The zero-order valence-electron chi connectivity index (χ0n) is 13.3. The summed E-state index contributed by atoms with van der Waals surface area (Å²) in [5.41, 5.74) is -0.737. The van der Waals surface area contributed by atoms with Crippen LogP contribution in [-0.4, -0.2) is 21.4 Å². The van der Waals surface area contributed by atoms with Crippen molar-refractivity contribution in [3.63, 3.8) is 0 Å². The molecule has 0 aliphatic carbocycles. The Bertz CT molecular complexity index is 720. The Morgan fingerprint density at radius 3 is 2.83 bits per heavy atom. The fourth-order valence-electron chi connectivity index (χ4n) is 3.47. The number of pyridine rings is 1. The summed E-state index contributed by atoms with van der Waals surface area (Å²) in [6, 6.07) is 1.60. The molecule has 3 rings (SSSR count). The summed E-state index contributed by atoms with van der Waals surface area (Å²) in [5.74, 6) is -0.617. The topological polar surface area (TPSA) is 85.6 Å². The minimum atomic E-state index is -1.43. The van der Waals surface area contributed by atoms with Gasteiger partial charge in [0.15, 0.2) is 5.78 Å². The van der Waals surface area contributed by atoms with E-state index in [2.05, 4.69) is 6.92 Å². The first-order chi connectivity index (χ1) is 11.0. The summed E-state index contributed by atoms with van der Waals surface area (Å²) in [6.45, 7) is 2.26. The summed E-state index contributed by atoms with van der Waals surface area (Å²) in [6.07, 6.45) is 3.15. The molecule has 0 radical (unpaired) electrons. The zero-order chi connectivity index (χ0) is 16.6. The molecular formula is C17H21NO5. The molecule has 1 N–H and O–H groups in total. The number of aliphatic hydroxyl groups is 1. The Hall–Kier alpha value is -1.95. The Kier molecular flexibility index (Phi) is 4.10. The molecule has 1 aromatic rings. The predicted octanol–water partition coefficient (Wildman–Crippen LogP) is 1.65. The van der Waals surface area contributed by atoms with Gasteiger partial charge in [-0.05, 0) is 18.1 Å². The van der Waals surface area contributed by atoms with Crippen molar-refractivity contribution in [2.75, 3.05) is 0 Å². The normalized spacial score (nSPS) is 23.2. The Morgan fingerprint density at radius 1 is 1.30 bits per heavy atom. The van der Waals surface area contributed by atoms with Gasteiger partial charge in [0.1, 0.15) is 12.2 Å². The molecule has 0 saturated carbocycles. The molecule has 6 nitrogen and oxygen atoms in total. The van der Waals surface area contributed by atoms with E-state index in [4.69, 9.17) is 4.74 Å². The number of ether oxygens (including phenoxy) is 1. The molecular weight excluding hydrogens is 298 g/mol. The van der Waals surface area contributed by atoms with E-state index < -0.39 is 11.6 Å². The highest BCUT2D eigenvalue weighted by atomic mass is 16.5. The third-order valence-electron chi connectivity index (χ3n) is 4.76. The first-order valence-electron chi connectivity index (χ1n) is 8.14. The zero-order valence-corrected chi connectivity index (χ0v) is 13.3. The van der Waals surface area contributed by atoms with E-state index in [9.17, 15) is 19.5 Å². The summed E-state index contributed by atoms with van der Waals surface area (Å²) >= 11 is 0. The Morgan fingerprint density at radius 2 is 2.09 bits per heavy atom. The second-order valence-electron chi connectivity index (χ2n) is 6.38. The fraction of sp³-hybridized carbons (Fsp3) is 0.588. The van der Waals surface area contributed by atoms with E-state index in [1.165, 1.54) is 4.57 Å². The number of ketones is 1. The predicted molar refractivity (Wildman–Crippen MR) is 82.1 cm³/mol. The molecule has 23 heavy (non-hydrogen) atoms. The third-order valence-corrected chi connectivity index (χ3v) is 4.76. The molecule has 0 aromatic carbocycles. The number of carbonyl (C=O) groups excluding carboxylic acids is 2. The molecule has 3 heterocycles. The maximum Gasteiger partial charge on any atom is 0.309 e. The molecule has 1 aromatic heterocycles. The summed E-state index contributed by atoms with van der Waals surface area (Å²) < 4.78 is 6.52. The number of nitrogens with zero attached hydrogens (tertiary/aromatic N) is 1. The molecule has 0 fully saturated rings. The van der Waals surface area contributed by atoms with E-state index in [0.717, 1.165) is 19.3 Å². The lowest BCUT2D eigenvalue weighted by atomic mass is 9.83. The van der Waals surface area contributed by atoms with Crippen LogP contribution in [0.25, 0.3) is 0 Å². The van der Waals surface area contributed by atoms with Crippen molar-refractivity contribution in [2.24, 2.45) is 0 Å². The standard InChI is InChI=1S/C17H21NO5/c1-2-3-4-6-17(22)9-15(20)23-10-11-12(17)8-13-14(19)5-7-18(13)16(11)21/h8,22H,2-7,9-10H2,1H3/t17-/m1/s1. The molecule has 0 unspecified atom stereocenters. The van der Waals surface area contributed by atoms with Crippen molar-refractivity contribution in [3.05, 3.63) is 33.2 Å². The summed E-state index contributed by atoms with van der Waals surface area (Å²) in [7, 11) is 0. The van der Waals surface area contributed by atoms with Crippen LogP contribution >= 0.6 is 0 Å². The largest absolute Gasteiger partial charge is 0.460 e. The van der Waals surface area contributed by atoms with Crippen molar-refractivity contribution in [2.45, 2.75) is 64.2 Å². The van der Waals surface area contributed by atoms with Crippen LogP contribution in [0.3, 0.4) is 0 Å². The van der Waals surface area contributed by atoms with Crippen LogP contribution in [0.2, 0.25) is 0 Å². The molecule has 0 saturated heterocycles. The van der Waals surface area contributed by atoms with Gasteiger partial charge in [-0.2, -0.15) is 0 Å². The number of Topliss-reactive ketones (excluding diaryl/α,β-unsaturated/α-hetero) is 1. The number of cyclic esters (lactones) is 1. The van der Waals surface area contributed by atoms with Gasteiger partial charge in [0.05, 0.1) is 17.7 Å². The minimum Gasteiger partial charge on any atom is -0.460 e. The first-order valence-corrected chi connectivity index (χ1v) is 8.14. The van der Waals surface area contributed by atoms with Crippen molar-refractivity contribution in [1.29, 1.82) is 0 Å². The smallest absolute Gasteiger partial charge is 0.309 e. The van der Waals surface area contributed by atoms with Gasteiger partial charge >= 0.3 is 5.97 Å². The van der Waals surface area contributed by atoms with Gasteiger partial charge in [-0.15, -0.1) is 0 Å². The van der Waals surface area contributed by atoms with Gasteiger partial charge in [0, 0.05) is 13.0 Å². The van der Waals surface area contributed by atoms with E-state index in [0.29, 0.717) is 36.2 Å². The number of aromatic nitrogens is 1. The van der Waals surface area contributed by atoms with Gasteiger partial charge in [0.25, 0.3) is 5.56 Å². The van der Waals surface area contributed by atoms with Gasteiger partial charge in [-0.1, -0.05) is 26.2 Å². The molecule has 2 aliphatic heterocycles. The van der Waals surface area contributed by atoms with E-state index in [1.54, 1.807) is 6.07 Å². The SMILES string of the molecule is CCCCC[C@@]1(O)CC(=O)OCc2c1cc1n(c2=O)CCC1=O. The number of unbranched alkanes of at least 4 members (excludes halogenated alkanes) is 2. The summed E-state index contributed by atoms with van der Waals surface area (Å²) in [4.78, 5) is 36.5. The van der Waals surface area contributed by atoms with E-state index in [1.807, 2.05) is 0 Å². The van der Waals surface area contributed by atoms with Crippen LogP contribution in [0.4, 0.5) is 0 Å². The maximum atomic E-state index is 12.6. The number of hydrogen-bond acceptors (Lipinski definition) is 5. The molecule has 0 amide bonds. The average Bonchev–Trinajstić information content (AvgIpc) is 2.82. The third kappa shape index (κ3) is 2.72. The molecule has 2 aliphatic rings. The first kappa shape index (κ1) is 15.9. The Labute approximate surface area is 134 Å². The van der Waals surface area contributed by atoms with Crippen molar-refractivity contribution in [1.82, 2.24) is 4.57 Å². The number of hydrogen-bond donors (Lipinski definition) is 1. The maximum absolute atomic E-state index is 12.6. The fourth-order valence-corrected chi connectivity index (χ4v) is 3.47. The highest BCUT2D eigenvalue weighted by molar-refractivity contribution is 5.96. The highest BCUT2D eigenvalue weighted by Gasteiger charge is 2.40. The van der Waals surface area contributed by atoms with Crippen LogP contribution in [0.5, 0.6) is 0 Å². The van der Waals surface area contributed by atoms with Gasteiger partial charge in [-0.3, -0.25) is 14.4 Å². The molecule has 6 heteroatoms. The van der Waals surface area contributed by atoms with Gasteiger partial charge in [-0.25, -0.2) is 0 Å². The van der Waals surface area contributed by atoms with Crippen molar-refractivity contribution < 1.29 is 19.4 Å².